The molecule has 2 nitrogen and oxygen atoms in total. The van der Waals surface area contributed by atoms with Gasteiger partial charge in [0.05, 0.1) is 17.1 Å². The minimum atomic E-state index is 0.363. The van der Waals surface area contributed by atoms with Crippen molar-refractivity contribution in [3.05, 3.63) is 197 Å². The molecule has 3 atom stereocenters. The molecule has 2 fully saturated rings. The van der Waals surface area contributed by atoms with Crippen LogP contribution in [-0.2, 0) is 0 Å². The lowest BCUT2D eigenvalue weighted by Crippen LogP contribution is -2.22. The molecule has 0 spiro atoms. The van der Waals surface area contributed by atoms with Crippen LogP contribution in [0.4, 0.5) is 28.4 Å². The first-order valence-corrected chi connectivity index (χ1v) is 26.3. The van der Waals surface area contributed by atoms with Gasteiger partial charge in [-0.3, -0.25) is 0 Å². The number of hydrogen-bond donors (Lipinski definition) is 0. The van der Waals surface area contributed by atoms with Gasteiger partial charge in [0.25, 0.3) is 0 Å². The number of fused-ring (bicyclic) bond motifs is 2. The molecule has 0 amide bonds. The predicted octanol–water partition coefficient (Wildman–Crippen LogP) is 19.6. The summed E-state index contributed by atoms with van der Waals surface area (Å²) in [5.74, 6) is 2.43. The summed E-state index contributed by atoms with van der Waals surface area (Å²) < 4.78 is 0. The van der Waals surface area contributed by atoms with Crippen LogP contribution in [0.1, 0.15) is 144 Å². The van der Waals surface area contributed by atoms with Gasteiger partial charge in [0.1, 0.15) is 0 Å². The molecule has 2 heteroatoms. The third kappa shape index (κ3) is 7.29. The summed E-state index contributed by atoms with van der Waals surface area (Å²) in [7, 11) is 0. The molecule has 0 radical (unpaired) electrons. The second kappa shape index (κ2) is 17.9. The molecule has 3 unspecified atom stereocenters. The molecular weight excluding hydrogens is 821 g/mol. The first-order chi connectivity index (χ1) is 33.5. The molecule has 340 valence electrons. The normalized spacial score (nSPS) is 18.4. The van der Waals surface area contributed by atoms with Crippen LogP contribution < -0.4 is 9.80 Å². The zero-order valence-corrected chi connectivity index (χ0v) is 40.6. The standard InChI is InChI=1S/C66H66N2/c1-5-43(3)59-41-63(67(61-27-15-23-49-21-11-13-25-53(49)61)51-33-29-47(30-34-51)45-17-7-8-18-45)57-40-38-56-60(44(4)6-2)42-64(58-39-37-55(59)65(57)66(56)58)68(62-28-16-24-50-22-12-14-26-54(50)62)52-35-31-48(32-36-52)46-19-9-10-20-46/h11-16,21-23,25-46,50H,5-10,17-20,24H2,1-4H3. The summed E-state index contributed by atoms with van der Waals surface area (Å²) in [6, 6.07) is 50.4. The van der Waals surface area contributed by atoms with Crippen molar-refractivity contribution in [3.8, 4) is 0 Å². The third-order valence-electron chi connectivity index (χ3n) is 17.0. The Hall–Kier alpha value is -6.38. The molecule has 0 N–H and O–H groups in total. The Balaban J connectivity index is 1.16. The highest BCUT2D eigenvalue weighted by Crippen LogP contribution is 2.52. The highest BCUT2D eigenvalue weighted by atomic mass is 15.2. The first kappa shape index (κ1) is 42.9. The van der Waals surface area contributed by atoms with Crippen LogP contribution in [0, 0.1) is 5.92 Å². The van der Waals surface area contributed by atoms with Crippen molar-refractivity contribution in [1.82, 2.24) is 0 Å². The van der Waals surface area contributed by atoms with Crippen LogP contribution in [0.25, 0.3) is 43.1 Å². The average Bonchev–Trinajstić information content (AvgIpc) is 4.15. The number of hydrogen-bond acceptors (Lipinski definition) is 2. The van der Waals surface area contributed by atoms with E-state index in [4.69, 9.17) is 0 Å². The molecule has 0 heterocycles. The molecule has 68 heavy (non-hydrogen) atoms. The lowest BCUT2D eigenvalue weighted by atomic mass is 9.82. The topological polar surface area (TPSA) is 6.48 Å². The van der Waals surface area contributed by atoms with Crippen LogP contribution in [0.15, 0.2) is 175 Å². The quantitative estimate of drug-likeness (QED) is 0.113. The lowest BCUT2D eigenvalue weighted by Gasteiger charge is -2.35. The van der Waals surface area contributed by atoms with Gasteiger partial charge in [0, 0.05) is 39.1 Å². The van der Waals surface area contributed by atoms with Crippen molar-refractivity contribution in [3.63, 3.8) is 0 Å². The van der Waals surface area contributed by atoms with E-state index in [1.807, 2.05) is 0 Å². The van der Waals surface area contributed by atoms with Gasteiger partial charge in [-0.25, -0.2) is 0 Å². The molecule has 0 aliphatic heterocycles. The first-order valence-electron chi connectivity index (χ1n) is 26.3. The SMILES string of the molecule is CCC(C)c1cc(N(C2=C3C=CC=CC3CC=C2)c2ccc(C3CCCC3)cc2)c2ccc3c(C(C)CC)cc(N(c4ccc(C5CCCC5)cc4)c4cccc5ccccc45)c4ccc1c2c34. The highest BCUT2D eigenvalue weighted by Gasteiger charge is 2.30. The fourth-order valence-electron chi connectivity index (χ4n) is 12.9. The zero-order valence-electron chi connectivity index (χ0n) is 40.6. The smallest absolute Gasteiger partial charge is 0.0543 e. The molecule has 12 rings (SSSR count). The molecule has 0 saturated heterocycles. The van der Waals surface area contributed by atoms with Crippen molar-refractivity contribution in [2.75, 3.05) is 9.80 Å². The van der Waals surface area contributed by atoms with Gasteiger partial charge in [-0.15, -0.1) is 0 Å². The second-order valence-electron chi connectivity index (χ2n) is 20.8. The van der Waals surface area contributed by atoms with E-state index in [9.17, 15) is 0 Å². The van der Waals surface area contributed by atoms with Gasteiger partial charge in [0.2, 0.25) is 0 Å². The van der Waals surface area contributed by atoms with Gasteiger partial charge in [-0.05, 0) is 172 Å². The van der Waals surface area contributed by atoms with E-state index in [1.165, 1.54) is 156 Å². The molecule has 2 saturated carbocycles. The van der Waals surface area contributed by atoms with E-state index in [-0.39, 0.29) is 0 Å². The van der Waals surface area contributed by atoms with Crippen molar-refractivity contribution < 1.29 is 0 Å². The lowest BCUT2D eigenvalue weighted by molar-refractivity contribution is 0.723. The van der Waals surface area contributed by atoms with Gasteiger partial charge < -0.3 is 9.80 Å². The number of anilines is 5. The fourth-order valence-corrected chi connectivity index (χ4v) is 12.9. The zero-order chi connectivity index (χ0) is 45.9. The van der Waals surface area contributed by atoms with E-state index >= 15 is 0 Å². The van der Waals surface area contributed by atoms with E-state index in [0.29, 0.717) is 29.6 Å². The van der Waals surface area contributed by atoms with Crippen LogP contribution in [-0.4, -0.2) is 0 Å². The minimum Gasteiger partial charge on any atom is -0.310 e. The van der Waals surface area contributed by atoms with E-state index < -0.39 is 0 Å². The maximum atomic E-state index is 2.64. The van der Waals surface area contributed by atoms with Crippen LogP contribution in [0.3, 0.4) is 0 Å². The van der Waals surface area contributed by atoms with Crippen molar-refractivity contribution in [2.24, 2.45) is 5.92 Å². The molecule has 0 bridgehead atoms. The average molecular weight is 887 g/mol. The Morgan fingerprint density at radius 2 is 1.03 bits per heavy atom. The van der Waals surface area contributed by atoms with Crippen LogP contribution in [0.2, 0.25) is 0 Å². The Labute approximate surface area is 404 Å². The predicted molar refractivity (Wildman–Crippen MR) is 293 cm³/mol. The van der Waals surface area contributed by atoms with Gasteiger partial charge in [-0.2, -0.15) is 0 Å². The van der Waals surface area contributed by atoms with Crippen molar-refractivity contribution in [1.29, 1.82) is 0 Å². The van der Waals surface area contributed by atoms with Gasteiger partial charge in [-0.1, -0.05) is 169 Å². The summed E-state index contributed by atoms with van der Waals surface area (Å²) in [6.07, 6.45) is 27.8. The summed E-state index contributed by atoms with van der Waals surface area (Å²) in [5.41, 5.74) is 14.7. The van der Waals surface area contributed by atoms with Crippen LogP contribution in [0.5, 0.6) is 0 Å². The maximum Gasteiger partial charge on any atom is 0.0543 e. The number of allylic oxidation sites excluding steroid dienone is 7. The largest absolute Gasteiger partial charge is 0.310 e. The van der Waals surface area contributed by atoms with Gasteiger partial charge in [0.15, 0.2) is 0 Å². The molecule has 8 aromatic carbocycles. The van der Waals surface area contributed by atoms with Crippen LogP contribution >= 0.6 is 0 Å². The molecule has 4 aliphatic carbocycles. The molecule has 8 aromatic rings. The van der Waals surface area contributed by atoms with Gasteiger partial charge >= 0.3 is 0 Å². The number of rotatable bonds is 12. The number of benzene rings is 8. The second-order valence-corrected chi connectivity index (χ2v) is 20.8. The monoisotopic (exact) mass is 887 g/mol. The molecular formula is C66H66N2. The summed E-state index contributed by atoms with van der Waals surface area (Å²) >= 11 is 0. The fraction of sp³-hybridized carbons (Fsp3) is 0.303. The Morgan fingerprint density at radius 1 is 0.500 bits per heavy atom. The third-order valence-corrected chi connectivity index (χ3v) is 17.0. The maximum absolute atomic E-state index is 2.64. The molecule has 0 aromatic heterocycles. The van der Waals surface area contributed by atoms with E-state index in [1.54, 1.807) is 0 Å². The Kier molecular flexibility index (Phi) is 11.3. The minimum absolute atomic E-state index is 0.363. The Bertz CT molecular complexity index is 3270. The van der Waals surface area contributed by atoms with Crippen molar-refractivity contribution in [2.45, 2.75) is 122 Å². The Morgan fingerprint density at radius 3 is 1.62 bits per heavy atom. The summed E-state index contributed by atoms with van der Waals surface area (Å²) in [6.45, 7) is 9.60. The summed E-state index contributed by atoms with van der Waals surface area (Å²) in [4.78, 5) is 5.25. The summed E-state index contributed by atoms with van der Waals surface area (Å²) in [5, 5.41) is 10.7. The van der Waals surface area contributed by atoms with E-state index in [0.717, 1.165) is 19.3 Å². The van der Waals surface area contributed by atoms with E-state index in [2.05, 4.69) is 201 Å². The molecule has 4 aliphatic rings. The van der Waals surface area contributed by atoms with Crippen molar-refractivity contribution >= 4 is 71.5 Å². The number of nitrogens with zero attached hydrogens (tertiary/aromatic N) is 2. The highest BCUT2D eigenvalue weighted by molar-refractivity contribution is 6.29.